The summed E-state index contributed by atoms with van der Waals surface area (Å²) in [5.41, 5.74) is 5.80. The van der Waals surface area contributed by atoms with Crippen molar-refractivity contribution in [3.8, 4) is 0 Å². The Kier molecular flexibility index (Phi) is 4.20. The average molecular weight is 330 g/mol. The maximum absolute atomic E-state index is 4.38. The van der Waals surface area contributed by atoms with Crippen LogP contribution >= 0.6 is 0 Å². The summed E-state index contributed by atoms with van der Waals surface area (Å²) in [4.78, 5) is 8.70. The molecule has 0 fully saturated rings. The van der Waals surface area contributed by atoms with E-state index in [1.807, 2.05) is 6.07 Å². The maximum atomic E-state index is 4.38. The molecule has 1 atom stereocenters. The van der Waals surface area contributed by atoms with Crippen LogP contribution in [0.3, 0.4) is 0 Å². The summed E-state index contributed by atoms with van der Waals surface area (Å²) in [7, 11) is 2.11. The summed E-state index contributed by atoms with van der Waals surface area (Å²) in [6.45, 7) is 3.07. The number of aryl methyl sites for hydroxylation is 1. The Morgan fingerprint density at radius 1 is 1.04 bits per heavy atom. The number of benzene rings is 2. The third kappa shape index (κ3) is 3.26. The van der Waals surface area contributed by atoms with Crippen molar-refractivity contribution in [1.29, 1.82) is 0 Å². The summed E-state index contributed by atoms with van der Waals surface area (Å²) < 4.78 is 2.21. The summed E-state index contributed by atoms with van der Waals surface area (Å²) in [6, 6.07) is 15.2. The van der Waals surface area contributed by atoms with Gasteiger partial charge in [0, 0.05) is 49.1 Å². The number of fused-ring (bicyclic) bond motifs is 2. The minimum Gasteiger partial charge on any atom is -0.350 e. The molecule has 2 aromatic carbocycles. The molecule has 25 heavy (non-hydrogen) atoms. The van der Waals surface area contributed by atoms with E-state index in [1.165, 1.54) is 22.0 Å². The van der Waals surface area contributed by atoms with Crippen molar-refractivity contribution < 1.29 is 0 Å². The molecule has 0 bridgehead atoms. The highest BCUT2D eigenvalue weighted by atomic mass is 14.9. The molecule has 0 spiro atoms. The largest absolute Gasteiger partial charge is 0.350 e. The van der Waals surface area contributed by atoms with E-state index in [2.05, 4.69) is 76.4 Å². The second-order valence-electron chi connectivity index (χ2n) is 6.65. The van der Waals surface area contributed by atoms with Gasteiger partial charge in [-0.15, -0.1) is 0 Å². The van der Waals surface area contributed by atoms with E-state index < -0.39 is 0 Å². The zero-order valence-corrected chi connectivity index (χ0v) is 14.6. The Bertz CT molecular complexity index is 1020. The Morgan fingerprint density at radius 3 is 2.72 bits per heavy atom. The number of nitrogens with one attached hydrogen (secondary N) is 1. The van der Waals surface area contributed by atoms with Gasteiger partial charge in [0.2, 0.25) is 0 Å². The molecule has 0 aliphatic carbocycles. The van der Waals surface area contributed by atoms with Crippen LogP contribution < -0.4 is 5.32 Å². The summed E-state index contributed by atoms with van der Waals surface area (Å²) >= 11 is 0. The van der Waals surface area contributed by atoms with Crippen molar-refractivity contribution in [3.63, 3.8) is 0 Å². The van der Waals surface area contributed by atoms with E-state index in [0.29, 0.717) is 6.04 Å². The van der Waals surface area contributed by atoms with Crippen LogP contribution in [0.15, 0.2) is 61.1 Å². The Morgan fingerprint density at radius 2 is 1.84 bits per heavy atom. The molecule has 4 nitrogen and oxygen atoms in total. The van der Waals surface area contributed by atoms with Crippen LogP contribution in [-0.2, 0) is 20.0 Å². The van der Waals surface area contributed by atoms with E-state index in [4.69, 9.17) is 0 Å². The highest BCUT2D eigenvalue weighted by molar-refractivity contribution is 5.83. The van der Waals surface area contributed by atoms with Gasteiger partial charge in [-0.05, 0) is 42.7 Å². The predicted molar refractivity (Wildman–Crippen MR) is 102 cm³/mol. The molecule has 0 aliphatic rings. The van der Waals surface area contributed by atoms with Gasteiger partial charge in [0.1, 0.15) is 0 Å². The Balaban J connectivity index is 1.45. The van der Waals surface area contributed by atoms with E-state index in [-0.39, 0.29) is 0 Å². The number of para-hydroxylation sites is 1. The van der Waals surface area contributed by atoms with Gasteiger partial charge in [-0.25, -0.2) is 0 Å². The fourth-order valence-electron chi connectivity index (χ4n) is 3.40. The monoisotopic (exact) mass is 330 g/mol. The van der Waals surface area contributed by atoms with Crippen LogP contribution in [0.25, 0.3) is 21.9 Å². The molecule has 0 radical (unpaired) electrons. The van der Waals surface area contributed by atoms with Crippen molar-refractivity contribution in [2.75, 3.05) is 0 Å². The fraction of sp³-hybridized carbons (Fsp3) is 0.238. The van der Waals surface area contributed by atoms with Crippen molar-refractivity contribution in [2.24, 2.45) is 7.05 Å². The van der Waals surface area contributed by atoms with Crippen LogP contribution in [0, 0.1) is 0 Å². The zero-order chi connectivity index (χ0) is 17.2. The Labute approximate surface area is 147 Å². The van der Waals surface area contributed by atoms with Crippen LogP contribution in [0.2, 0.25) is 0 Å². The molecule has 0 saturated carbocycles. The minimum atomic E-state index is 0.392. The molecule has 0 aliphatic heterocycles. The van der Waals surface area contributed by atoms with E-state index in [0.717, 1.165) is 24.0 Å². The third-order valence-corrected chi connectivity index (χ3v) is 4.69. The van der Waals surface area contributed by atoms with Crippen molar-refractivity contribution in [1.82, 2.24) is 19.9 Å². The molecule has 2 aromatic heterocycles. The lowest BCUT2D eigenvalue weighted by atomic mass is 10.1. The minimum absolute atomic E-state index is 0.392. The van der Waals surface area contributed by atoms with Gasteiger partial charge in [0.25, 0.3) is 0 Å². The van der Waals surface area contributed by atoms with E-state index in [9.17, 15) is 0 Å². The molecule has 2 heterocycles. The van der Waals surface area contributed by atoms with Crippen LogP contribution in [0.4, 0.5) is 0 Å². The van der Waals surface area contributed by atoms with Crippen LogP contribution in [0.1, 0.15) is 18.1 Å². The van der Waals surface area contributed by atoms with E-state index in [1.54, 1.807) is 12.4 Å². The zero-order valence-electron chi connectivity index (χ0n) is 14.6. The van der Waals surface area contributed by atoms with Gasteiger partial charge < -0.3 is 9.88 Å². The topological polar surface area (TPSA) is 42.7 Å². The van der Waals surface area contributed by atoms with Gasteiger partial charge in [-0.2, -0.15) is 0 Å². The van der Waals surface area contributed by atoms with Crippen molar-refractivity contribution in [2.45, 2.75) is 25.9 Å². The van der Waals surface area contributed by atoms with Crippen molar-refractivity contribution in [3.05, 3.63) is 72.2 Å². The fourth-order valence-corrected chi connectivity index (χ4v) is 3.40. The SMILES string of the molecule is CC(Cc1cn(C)c2ccccc12)NCc1ccc2nccnc2c1. The molecule has 0 amide bonds. The second kappa shape index (κ2) is 6.65. The summed E-state index contributed by atoms with van der Waals surface area (Å²) in [5, 5.41) is 4.98. The normalized spacial score (nSPS) is 12.7. The van der Waals surface area contributed by atoms with Gasteiger partial charge in [0.15, 0.2) is 0 Å². The quantitative estimate of drug-likeness (QED) is 0.604. The first-order valence-electron chi connectivity index (χ1n) is 8.66. The average Bonchev–Trinajstić information content (AvgIpc) is 2.96. The van der Waals surface area contributed by atoms with Gasteiger partial charge in [-0.1, -0.05) is 24.3 Å². The number of hydrogen-bond acceptors (Lipinski definition) is 3. The first-order chi connectivity index (χ1) is 12.2. The molecule has 0 saturated heterocycles. The van der Waals surface area contributed by atoms with Crippen LogP contribution in [0.5, 0.6) is 0 Å². The summed E-state index contributed by atoms with van der Waals surface area (Å²) in [5.74, 6) is 0. The maximum Gasteiger partial charge on any atom is 0.0890 e. The van der Waals surface area contributed by atoms with Crippen LogP contribution in [-0.4, -0.2) is 20.6 Å². The lowest BCUT2D eigenvalue weighted by Gasteiger charge is -2.13. The molecular weight excluding hydrogens is 308 g/mol. The molecular formula is C21H22N4. The van der Waals surface area contributed by atoms with E-state index >= 15 is 0 Å². The molecule has 1 unspecified atom stereocenters. The highest BCUT2D eigenvalue weighted by Gasteiger charge is 2.10. The lowest BCUT2D eigenvalue weighted by molar-refractivity contribution is 0.546. The van der Waals surface area contributed by atoms with Gasteiger partial charge in [-0.3, -0.25) is 9.97 Å². The smallest absolute Gasteiger partial charge is 0.0890 e. The van der Waals surface area contributed by atoms with Gasteiger partial charge >= 0.3 is 0 Å². The Hall–Kier alpha value is -2.72. The molecule has 126 valence electrons. The number of hydrogen-bond donors (Lipinski definition) is 1. The molecule has 4 rings (SSSR count). The lowest BCUT2D eigenvalue weighted by Crippen LogP contribution is -2.27. The molecule has 4 heteroatoms. The first kappa shape index (κ1) is 15.8. The first-order valence-corrected chi connectivity index (χ1v) is 8.66. The third-order valence-electron chi connectivity index (χ3n) is 4.69. The number of rotatable bonds is 5. The molecule has 1 N–H and O–H groups in total. The highest BCUT2D eigenvalue weighted by Crippen LogP contribution is 2.21. The van der Waals surface area contributed by atoms with Crippen molar-refractivity contribution >= 4 is 21.9 Å². The number of nitrogens with zero attached hydrogens (tertiary/aromatic N) is 3. The predicted octanol–water partition coefficient (Wildman–Crippen LogP) is 3.84. The standard InChI is InChI=1S/C21H22N4/c1-15(11-17-14-25(2)21-6-4-3-5-18(17)21)24-13-16-7-8-19-20(12-16)23-10-9-22-19/h3-10,12,14-15,24H,11,13H2,1-2H3. The molecule has 4 aromatic rings. The summed E-state index contributed by atoms with van der Waals surface area (Å²) in [6.07, 6.45) is 6.72. The number of aromatic nitrogens is 3. The van der Waals surface area contributed by atoms with Gasteiger partial charge in [0.05, 0.1) is 11.0 Å². The second-order valence-corrected chi connectivity index (χ2v) is 6.65.